The summed E-state index contributed by atoms with van der Waals surface area (Å²) < 4.78 is 22.7. The first-order chi connectivity index (χ1) is 7.59. The predicted octanol–water partition coefficient (Wildman–Crippen LogP) is 1.62. The molecule has 1 N–H and O–H groups in total. The van der Waals surface area contributed by atoms with Crippen molar-refractivity contribution in [3.63, 3.8) is 0 Å². The largest absolute Gasteiger partial charge is 0.312 e. The molecule has 1 rings (SSSR count). The van der Waals surface area contributed by atoms with Crippen LogP contribution in [0.3, 0.4) is 0 Å². The van der Waals surface area contributed by atoms with Crippen LogP contribution in [0.1, 0.15) is 30.7 Å². The van der Waals surface area contributed by atoms with Crippen LogP contribution in [0.2, 0.25) is 0 Å². The Labute approximate surface area is 101 Å². The van der Waals surface area contributed by atoms with E-state index in [9.17, 15) is 8.42 Å². The molecular formula is C10H18N2O2S2. The van der Waals surface area contributed by atoms with E-state index in [-0.39, 0.29) is 17.5 Å². The minimum absolute atomic E-state index is 0.222. The molecule has 6 heteroatoms. The Hall–Kier alpha value is -0.460. The summed E-state index contributed by atoms with van der Waals surface area (Å²) in [6.07, 6.45) is 3.36. The second kappa shape index (κ2) is 6.32. The first-order valence-electron chi connectivity index (χ1n) is 5.35. The number of rotatable bonds is 7. The molecule has 0 radical (unpaired) electrons. The lowest BCUT2D eigenvalue weighted by molar-refractivity contribution is 0.542. The van der Waals surface area contributed by atoms with Crippen molar-refractivity contribution in [2.75, 3.05) is 18.6 Å². The lowest BCUT2D eigenvalue weighted by atomic mass is 10.1. The van der Waals surface area contributed by atoms with Crippen molar-refractivity contribution < 1.29 is 8.42 Å². The summed E-state index contributed by atoms with van der Waals surface area (Å²) in [5.74, 6) is 0.512. The first-order valence-corrected chi connectivity index (χ1v) is 8.05. The number of hydrogen-bond acceptors (Lipinski definition) is 5. The van der Waals surface area contributed by atoms with Gasteiger partial charge in [0.2, 0.25) is 0 Å². The lowest BCUT2D eigenvalue weighted by Gasteiger charge is -2.13. The standard InChI is InChI=1S/C10H18N2O2S2/c1-3-16(13,14)6-4-5-9(11-2)10-7-12-8-15-10/h7-9,11H,3-6H2,1-2H3. The Kier molecular flexibility index (Phi) is 5.37. The third kappa shape index (κ3) is 4.19. The molecule has 92 valence electrons. The monoisotopic (exact) mass is 262 g/mol. The van der Waals surface area contributed by atoms with Crippen LogP contribution >= 0.6 is 11.3 Å². The van der Waals surface area contributed by atoms with Crippen molar-refractivity contribution in [3.05, 3.63) is 16.6 Å². The van der Waals surface area contributed by atoms with E-state index in [1.54, 1.807) is 23.8 Å². The molecule has 1 aromatic rings. The van der Waals surface area contributed by atoms with Gasteiger partial charge in [-0.15, -0.1) is 11.3 Å². The molecule has 0 aliphatic rings. The molecule has 1 heterocycles. The first kappa shape index (κ1) is 13.6. The van der Waals surface area contributed by atoms with E-state index in [4.69, 9.17) is 0 Å². The highest BCUT2D eigenvalue weighted by Crippen LogP contribution is 2.21. The van der Waals surface area contributed by atoms with Gasteiger partial charge >= 0.3 is 0 Å². The molecule has 0 aromatic carbocycles. The molecule has 1 unspecified atom stereocenters. The molecule has 16 heavy (non-hydrogen) atoms. The van der Waals surface area contributed by atoms with Gasteiger partial charge in [-0.25, -0.2) is 8.42 Å². The lowest BCUT2D eigenvalue weighted by Crippen LogP contribution is -2.17. The summed E-state index contributed by atoms with van der Waals surface area (Å²) in [6.45, 7) is 1.69. The van der Waals surface area contributed by atoms with Gasteiger partial charge in [0.25, 0.3) is 0 Å². The van der Waals surface area contributed by atoms with Crippen LogP contribution in [0, 0.1) is 0 Å². The topological polar surface area (TPSA) is 59.1 Å². The van der Waals surface area contributed by atoms with E-state index in [1.165, 1.54) is 0 Å². The summed E-state index contributed by atoms with van der Waals surface area (Å²) in [6, 6.07) is 0.222. The Morgan fingerprint density at radius 2 is 2.31 bits per heavy atom. The zero-order chi connectivity index (χ0) is 12.0. The minimum Gasteiger partial charge on any atom is -0.312 e. The molecule has 1 aromatic heterocycles. The fraction of sp³-hybridized carbons (Fsp3) is 0.700. The Morgan fingerprint density at radius 3 is 2.81 bits per heavy atom. The van der Waals surface area contributed by atoms with E-state index in [0.717, 1.165) is 11.3 Å². The normalized spacial score (nSPS) is 13.9. The van der Waals surface area contributed by atoms with E-state index >= 15 is 0 Å². The highest BCUT2D eigenvalue weighted by Gasteiger charge is 2.13. The SMILES string of the molecule is CCS(=O)(=O)CCCC(NC)c1cncs1. The number of nitrogens with zero attached hydrogens (tertiary/aromatic N) is 1. The Bertz CT molecular complexity index is 387. The van der Waals surface area contributed by atoms with Crippen molar-refractivity contribution in [3.8, 4) is 0 Å². The van der Waals surface area contributed by atoms with Crippen LogP contribution in [0.4, 0.5) is 0 Å². The average Bonchev–Trinajstić information content (AvgIpc) is 2.78. The number of thiazole rings is 1. The number of nitrogens with one attached hydrogen (secondary N) is 1. The number of hydrogen-bond donors (Lipinski definition) is 1. The highest BCUT2D eigenvalue weighted by atomic mass is 32.2. The molecule has 4 nitrogen and oxygen atoms in total. The van der Waals surface area contributed by atoms with Gasteiger partial charge in [0, 0.05) is 22.9 Å². The quantitative estimate of drug-likeness (QED) is 0.811. The summed E-state index contributed by atoms with van der Waals surface area (Å²) >= 11 is 1.60. The third-order valence-electron chi connectivity index (χ3n) is 2.53. The molecule has 0 bridgehead atoms. The maximum Gasteiger partial charge on any atom is 0.150 e. The zero-order valence-electron chi connectivity index (χ0n) is 9.64. The maximum absolute atomic E-state index is 11.3. The van der Waals surface area contributed by atoms with Gasteiger partial charge in [-0.1, -0.05) is 6.92 Å². The van der Waals surface area contributed by atoms with Crippen LogP contribution < -0.4 is 5.32 Å². The third-order valence-corrected chi connectivity index (χ3v) is 5.21. The van der Waals surface area contributed by atoms with Gasteiger partial charge in [-0.3, -0.25) is 4.98 Å². The molecular weight excluding hydrogens is 244 g/mol. The van der Waals surface area contributed by atoms with Gasteiger partial charge in [-0.05, 0) is 19.9 Å². The molecule has 0 spiro atoms. The van der Waals surface area contributed by atoms with Gasteiger partial charge in [0.05, 0.1) is 11.3 Å². The van der Waals surface area contributed by atoms with E-state index in [0.29, 0.717) is 6.42 Å². The van der Waals surface area contributed by atoms with Gasteiger partial charge in [0.1, 0.15) is 9.84 Å². The van der Waals surface area contributed by atoms with Crippen LogP contribution in [0.5, 0.6) is 0 Å². The van der Waals surface area contributed by atoms with Gasteiger partial charge in [-0.2, -0.15) is 0 Å². The van der Waals surface area contributed by atoms with Crippen molar-refractivity contribution in [2.45, 2.75) is 25.8 Å². The highest BCUT2D eigenvalue weighted by molar-refractivity contribution is 7.91. The summed E-state index contributed by atoms with van der Waals surface area (Å²) in [5.41, 5.74) is 1.79. The van der Waals surface area contributed by atoms with Gasteiger partial charge < -0.3 is 5.32 Å². The summed E-state index contributed by atoms with van der Waals surface area (Å²) in [5, 5.41) is 3.18. The van der Waals surface area contributed by atoms with E-state index in [2.05, 4.69) is 10.3 Å². The average molecular weight is 262 g/mol. The molecule has 1 atom stereocenters. The van der Waals surface area contributed by atoms with E-state index in [1.807, 2.05) is 13.2 Å². The molecule has 0 fully saturated rings. The molecule has 0 saturated heterocycles. The number of sulfone groups is 1. The molecule has 0 amide bonds. The van der Waals surface area contributed by atoms with Crippen molar-refractivity contribution in [1.29, 1.82) is 0 Å². The van der Waals surface area contributed by atoms with E-state index < -0.39 is 9.84 Å². The van der Waals surface area contributed by atoms with Crippen molar-refractivity contribution in [2.24, 2.45) is 0 Å². The summed E-state index contributed by atoms with van der Waals surface area (Å²) in [7, 11) is -0.945. The Morgan fingerprint density at radius 1 is 1.56 bits per heavy atom. The maximum atomic E-state index is 11.3. The Balaban J connectivity index is 2.42. The zero-order valence-corrected chi connectivity index (χ0v) is 11.3. The van der Waals surface area contributed by atoms with Crippen molar-refractivity contribution in [1.82, 2.24) is 10.3 Å². The van der Waals surface area contributed by atoms with Crippen LogP contribution in [0.15, 0.2) is 11.7 Å². The van der Waals surface area contributed by atoms with Crippen LogP contribution in [-0.4, -0.2) is 32.0 Å². The molecule has 0 saturated carbocycles. The van der Waals surface area contributed by atoms with Crippen LogP contribution in [0.25, 0.3) is 0 Å². The smallest absolute Gasteiger partial charge is 0.150 e. The minimum atomic E-state index is -2.83. The molecule has 0 aliphatic heterocycles. The number of aromatic nitrogens is 1. The predicted molar refractivity (Wildman–Crippen MR) is 67.5 cm³/mol. The second-order valence-corrected chi connectivity index (χ2v) is 7.01. The fourth-order valence-corrected chi connectivity index (χ4v) is 3.14. The van der Waals surface area contributed by atoms with Crippen molar-refractivity contribution >= 4 is 21.2 Å². The van der Waals surface area contributed by atoms with Crippen LogP contribution in [-0.2, 0) is 9.84 Å². The second-order valence-electron chi connectivity index (χ2n) is 3.62. The fourth-order valence-electron chi connectivity index (χ4n) is 1.48. The van der Waals surface area contributed by atoms with Gasteiger partial charge in [0.15, 0.2) is 0 Å². The summed E-state index contributed by atoms with van der Waals surface area (Å²) in [4.78, 5) is 5.19. The molecule has 0 aliphatic carbocycles.